The fourth-order valence-electron chi connectivity index (χ4n) is 6.55. The second-order valence-corrected chi connectivity index (χ2v) is 12.2. The molecule has 3 aromatic heterocycles. The normalized spacial score (nSPS) is 11.6. The highest BCUT2D eigenvalue weighted by atomic mass is 32.1. The molecule has 0 aliphatic carbocycles. The first-order valence-electron chi connectivity index (χ1n) is 14.9. The molecule has 0 radical (unpaired) electrons. The van der Waals surface area contributed by atoms with Crippen LogP contribution < -0.4 is 0 Å². The van der Waals surface area contributed by atoms with Crippen LogP contribution in [0.15, 0.2) is 158 Å². The molecule has 0 bridgehead atoms. The monoisotopic (exact) mass is 578 g/mol. The fraction of sp³-hybridized carbons (Fsp3) is 0. The fourth-order valence-corrected chi connectivity index (χ4v) is 7.79. The summed E-state index contributed by atoms with van der Waals surface area (Å²) >= 11 is 1.88. The third-order valence-corrected chi connectivity index (χ3v) is 9.82. The van der Waals surface area contributed by atoms with E-state index in [0.29, 0.717) is 0 Å². The smallest absolute Gasteiger partial charge is 0.0730 e. The summed E-state index contributed by atoms with van der Waals surface area (Å²) in [6, 6.07) is 56.5. The molecule has 9 aromatic rings. The first-order valence-corrected chi connectivity index (χ1v) is 15.7. The summed E-state index contributed by atoms with van der Waals surface area (Å²) in [6.45, 7) is 0. The number of aromatic nitrogens is 2. The van der Waals surface area contributed by atoms with Crippen molar-refractivity contribution in [2.75, 3.05) is 0 Å². The minimum Gasteiger partial charge on any atom is -0.309 e. The summed E-state index contributed by atoms with van der Waals surface area (Å²) in [5, 5.41) is 5.14. The van der Waals surface area contributed by atoms with Gasteiger partial charge in [0.25, 0.3) is 0 Å². The van der Waals surface area contributed by atoms with Crippen LogP contribution >= 0.6 is 11.3 Å². The molecule has 0 atom stereocenters. The molecular weight excluding hydrogens is 553 g/mol. The Morgan fingerprint density at radius 2 is 1.05 bits per heavy atom. The minimum atomic E-state index is 0.959. The van der Waals surface area contributed by atoms with E-state index in [9.17, 15) is 0 Å². The van der Waals surface area contributed by atoms with Crippen LogP contribution in [0.4, 0.5) is 0 Å². The van der Waals surface area contributed by atoms with Crippen molar-refractivity contribution in [3.8, 4) is 39.3 Å². The molecular formula is C41H26N2S. The number of hydrogen-bond acceptors (Lipinski definition) is 2. The Bertz CT molecular complexity index is 2430. The summed E-state index contributed by atoms with van der Waals surface area (Å²) in [6.07, 6.45) is 0. The van der Waals surface area contributed by atoms with Crippen molar-refractivity contribution in [1.82, 2.24) is 9.55 Å². The van der Waals surface area contributed by atoms with Crippen LogP contribution in [0, 0.1) is 0 Å². The minimum absolute atomic E-state index is 0.959. The number of pyridine rings is 1. The van der Waals surface area contributed by atoms with Gasteiger partial charge in [-0.1, -0.05) is 121 Å². The van der Waals surface area contributed by atoms with E-state index >= 15 is 0 Å². The molecule has 0 amide bonds. The van der Waals surface area contributed by atoms with Crippen LogP contribution in [0.3, 0.4) is 0 Å². The molecule has 6 aromatic carbocycles. The summed E-state index contributed by atoms with van der Waals surface area (Å²) in [4.78, 5) is 5.13. The zero-order valence-corrected chi connectivity index (χ0v) is 24.6. The topological polar surface area (TPSA) is 17.8 Å². The van der Waals surface area contributed by atoms with Crippen molar-refractivity contribution in [2.45, 2.75) is 0 Å². The van der Waals surface area contributed by atoms with Crippen LogP contribution in [-0.2, 0) is 0 Å². The van der Waals surface area contributed by atoms with E-state index in [1.54, 1.807) is 0 Å². The van der Waals surface area contributed by atoms with Gasteiger partial charge in [0.05, 0.1) is 28.1 Å². The van der Waals surface area contributed by atoms with Crippen LogP contribution in [0.5, 0.6) is 0 Å². The van der Waals surface area contributed by atoms with E-state index in [0.717, 1.165) is 28.2 Å². The van der Waals surface area contributed by atoms with Gasteiger partial charge in [0, 0.05) is 42.1 Å². The van der Waals surface area contributed by atoms with Crippen molar-refractivity contribution in [1.29, 1.82) is 0 Å². The van der Waals surface area contributed by atoms with Gasteiger partial charge in [-0.25, -0.2) is 4.98 Å². The molecule has 0 aliphatic rings. The molecule has 44 heavy (non-hydrogen) atoms. The molecule has 0 saturated carbocycles. The van der Waals surface area contributed by atoms with Gasteiger partial charge in [0.2, 0.25) is 0 Å². The lowest BCUT2D eigenvalue weighted by atomic mass is 10.0. The molecule has 0 N–H and O–H groups in total. The Morgan fingerprint density at radius 1 is 0.432 bits per heavy atom. The number of para-hydroxylation sites is 1. The second-order valence-electron chi connectivity index (χ2n) is 11.2. The molecule has 0 fully saturated rings. The third kappa shape index (κ3) is 3.98. The maximum absolute atomic E-state index is 5.13. The average Bonchev–Trinajstić information content (AvgIpc) is 3.64. The Labute approximate surface area is 259 Å². The number of fused-ring (bicyclic) bond motifs is 6. The molecule has 3 heterocycles. The average molecular weight is 579 g/mol. The van der Waals surface area contributed by atoms with E-state index in [1.807, 2.05) is 11.3 Å². The molecule has 0 spiro atoms. The molecule has 0 aliphatic heterocycles. The highest BCUT2D eigenvalue weighted by Crippen LogP contribution is 2.42. The number of nitrogens with zero attached hydrogens (tertiary/aromatic N) is 2. The Hall–Kier alpha value is -5.51. The van der Waals surface area contributed by atoms with Crippen molar-refractivity contribution < 1.29 is 0 Å². The van der Waals surface area contributed by atoms with Gasteiger partial charge < -0.3 is 4.57 Å². The largest absolute Gasteiger partial charge is 0.309 e. The van der Waals surface area contributed by atoms with Crippen molar-refractivity contribution in [3.63, 3.8) is 0 Å². The van der Waals surface area contributed by atoms with E-state index in [-0.39, 0.29) is 0 Å². The lowest BCUT2D eigenvalue weighted by molar-refractivity contribution is 1.16. The van der Waals surface area contributed by atoms with Gasteiger partial charge >= 0.3 is 0 Å². The molecule has 0 saturated heterocycles. The number of benzene rings is 6. The maximum Gasteiger partial charge on any atom is 0.0730 e. The van der Waals surface area contributed by atoms with Gasteiger partial charge in [-0.15, -0.1) is 11.3 Å². The SMILES string of the molecule is c1ccc(-c2cc(-n3c4ccccc4c4cc(-c5cccc6c5sc5ccccc56)ccc43)cc(-c3ccccc3)n2)cc1. The lowest BCUT2D eigenvalue weighted by Gasteiger charge is -2.13. The van der Waals surface area contributed by atoms with Gasteiger partial charge in [-0.3, -0.25) is 0 Å². The zero-order valence-electron chi connectivity index (χ0n) is 23.8. The summed E-state index contributed by atoms with van der Waals surface area (Å²) in [7, 11) is 0. The molecule has 206 valence electrons. The van der Waals surface area contributed by atoms with Crippen LogP contribution in [0.2, 0.25) is 0 Å². The number of hydrogen-bond donors (Lipinski definition) is 0. The zero-order chi connectivity index (χ0) is 29.0. The van der Waals surface area contributed by atoms with Crippen molar-refractivity contribution in [3.05, 3.63) is 158 Å². The second kappa shape index (κ2) is 10.0. The lowest BCUT2D eigenvalue weighted by Crippen LogP contribution is -1.98. The van der Waals surface area contributed by atoms with Crippen LogP contribution in [-0.4, -0.2) is 9.55 Å². The van der Waals surface area contributed by atoms with Gasteiger partial charge in [-0.05, 0) is 47.5 Å². The van der Waals surface area contributed by atoms with Crippen LogP contribution in [0.25, 0.3) is 81.3 Å². The Morgan fingerprint density at radius 3 is 1.80 bits per heavy atom. The summed E-state index contributed by atoms with van der Waals surface area (Å²) in [5.74, 6) is 0. The van der Waals surface area contributed by atoms with Crippen molar-refractivity contribution >= 4 is 53.3 Å². The highest BCUT2D eigenvalue weighted by molar-refractivity contribution is 7.26. The van der Waals surface area contributed by atoms with E-state index in [4.69, 9.17) is 4.98 Å². The quantitative estimate of drug-likeness (QED) is 0.203. The van der Waals surface area contributed by atoms with E-state index in [1.165, 1.54) is 53.1 Å². The highest BCUT2D eigenvalue weighted by Gasteiger charge is 2.17. The summed E-state index contributed by atoms with van der Waals surface area (Å²) in [5.41, 5.74) is 10.1. The first kappa shape index (κ1) is 25.0. The number of rotatable bonds is 4. The Kier molecular flexibility index (Phi) is 5.71. The van der Waals surface area contributed by atoms with Crippen LogP contribution in [0.1, 0.15) is 0 Å². The molecule has 3 heteroatoms. The van der Waals surface area contributed by atoms with E-state index < -0.39 is 0 Å². The van der Waals surface area contributed by atoms with Gasteiger partial charge in [0.15, 0.2) is 0 Å². The van der Waals surface area contributed by atoms with Gasteiger partial charge in [0.1, 0.15) is 0 Å². The predicted molar refractivity (Wildman–Crippen MR) is 188 cm³/mol. The standard InChI is InChI=1S/C41H26N2S/c1-3-12-27(13-4-1)36-25-30(26-37(42-36)28-14-5-2-6-15-28)43-38-20-9-7-16-32(38)35-24-29(22-23-39(35)43)31-18-11-19-34-33-17-8-10-21-40(33)44-41(31)34/h1-26H. The van der Waals surface area contributed by atoms with Gasteiger partial charge in [-0.2, -0.15) is 0 Å². The number of thiophene rings is 1. The molecule has 9 rings (SSSR count). The molecule has 2 nitrogen and oxygen atoms in total. The molecule has 0 unspecified atom stereocenters. The Balaban J connectivity index is 1.30. The maximum atomic E-state index is 5.13. The van der Waals surface area contributed by atoms with Crippen molar-refractivity contribution in [2.24, 2.45) is 0 Å². The third-order valence-electron chi connectivity index (χ3n) is 8.60. The summed E-state index contributed by atoms with van der Waals surface area (Å²) < 4.78 is 5.06. The predicted octanol–water partition coefficient (Wildman–Crippen LogP) is 11.5. The first-order chi connectivity index (χ1) is 21.8. The van der Waals surface area contributed by atoms with E-state index in [2.05, 4.69) is 162 Å².